The Balaban J connectivity index is 1.69. The van der Waals surface area contributed by atoms with Crippen molar-refractivity contribution in [3.8, 4) is 0 Å². The normalized spacial score (nSPS) is 57.9. The van der Waals surface area contributed by atoms with Crippen molar-refractivity contribution in [2.45, 2.75) is 77.4 Å². The van der Waals surface area contributed by atoms with Crippen LogP contribution in [0.15, 0.2) is 0 Å². The predicted octanol–water partition coefficient (Wildman–Crippen LogP) is 2.93. The molecule has 0 radical (unpaired) electrons. The van der Waals surface area contributed by atoms with E-state index in [0.29, 0.717) is 35.9 Å². The highest BCUT2D eigenvalue weighted by Crippen LogP contribution is 2.65. The summed E-state index contributed by atoms with van der Waals surface area (Å²) in [6, 6.07) is 0. The number of rotatable bonds is 0. The Morgan fingerprint density at radius 3 is 2.64 bits per heavy atom. The first-order valence-electron chi connectivity index (χ1n) is 9.25. The van der Waals surface area contributed by atoms with Crippen molar-refractivity contribution in [1.29, 1.82) is 0 Å². The van der Waals surface area contributed by atoms with Gasteiger partial charge in [-0.1, -0.05) is 13.8 Å². The van der Waals surface area contributed by atoms with Crippen LogP contribution in [0.3, 0.4) is 0 Å². The van der Waals surface area contributed by atoms with Crippen molar-refractivity contribution in [3.05, 3.63) is 0 Å². The summed E-state index contributed by atoms with van der Waals surface area (Å²) in [5, 5.41) is 21.0. The van der Waals surface area contributed by atoms with Crippen LogP contribution < -0.4 is 0 Å². The molecule has 0 amide bonds. The van der Waals surface area contributed by atoms with Crippen molar-refractivity contribution in [1.82, 2.24) is 0 Å². The predicted molar refractivity (Wildman–Crippen MR) is 84.1 cm³/mol. The molecule has 0 bridgehead atoms. The van der Waals surface area contributed by atoms with E-state index in [1.807, 2.05) is 0 Å². The Morgan fingerprint density at radius 2 is 1.86 bits per heavy atom. The van der Waals surface area contributed by atoms with E-state index < -0.39 is 0 Å². The SMILES string of the molecule is C[C@]12CC[C@@H](O)CC1CC[C@@H]1[C@@H]2[C@H](O)C[C@]2(C)C(=O)CC[C@@H]12. The Kier molecular flexibility index (Phi) is 3.30. The zero-order valence-corrected chi connectivity index (χ0v) is 13.9. The zero-order valence-electron chi connectivity index (χ0n) is 13.9. The molecule has 4 rings (SSSR count). The second kappa shape index (κ2) is 4.80. The van der Waals surface area contributed by atoms with E-state index in [-0.39, 0.29) is 23.0 Å². The summed E-state index contributed by atoms with van der Waals surface area (Å²) in [6.07, 6.45) is 7.08. The molecule has 0 aliphatic heterocycles. The van der Waals surface area contributed by atoms with Crippen LogP contribution in [0.2, 0.25) is 0 Å². The van der Waals surface area contributed by atoms with Gasteiger partial charge in [-0.25, -0.2) is 0 Å². The Bertz CT molecular complexity index is 489. The van der Waals surface area contributed by atoms with Crippen molar-refractivity contribution in [2.24, 2.45) is 34.5 Å². The molecule has 8 atom stereocenters. The molecule has 0 spiro atoms. The fourth-order valence-corrected chi connectivity index (χ4v) is 7.13. The molecule has 4 fully saturated rings. The monoisotopic (exact) mass is 306 g/mol. The third kappa shape index (κ3) is 1.84. The van der Waals surface area contributed by atoms with E-state index >= 15 is 0 Å². The zero-order chi connectivity index (χ0) is 15.7. The molecule has 2 N–H and O–H groups in total. The number of carbonyl (C=O) groups excluding carboxylic acids is 1. The van der Waals surface area contributed by atoms with E-state index in [9.17, 15) is 15.0 Å². The van der Waals surface area contributed by atoms with Crippen molar-refractivity contribution in [3.63, 3.8) is 0 Å². The minimum Gasteiger partial charge on any atom is -0.393 e. The molecule has 0 aromatic rings. The fraction of sp³-hybridized carbons (Fsp3) is 0.947. The van der Waals surface area contributed by atoms with Crippen LogP contribution >= 0.6 is 0 Å². The minimum absolute atomic E-state index is 0.145. The summed E-state index contributed by atoms with van der Waals surface area (Å²) < 4.78 is 0. The number of aliphatic hydroxyl groups is 2. The number of hydrogen-bond acceptors (Lipinski definition) is 3. The van der Waals surface area contributed by atoms with Gasteiger partial charge in [-0.05, 0) is 74.0 Å². The Labute approximate surface area is 133 Å². The van der Waals surface area contributed by atoms with E-state index in [2.05, 4.69) is 13.8 Å². The molecule has 22 heavy (non-hydrogen) atoms. The summed E-state index contributed by atoms with van der Waals surface area (Å²) in [5.74, 6) is 2.27. The van der Waals surface area contributed by atoms with Gasteiger partial charge < -0.3 is 10.2 Å². The van der Waals surface area contributed by atoms with E-state index in [0.717, 1.165) is 38.5 Å². The number of aliphatic hydroxyl groups excluding tert-OH is 2. The molecule has 124 valence electrons. The fourth-order valence-electron chi connectivity index (χ4n) is 7.13. The van der Waals surface area contributed by atoms with Crippen LogP contribution in [-0.2, 0) is 4.79 Å². The first-order chi connectivity index (χ1) is 10.4. The topological polar surface area (TPSA) is 57.5 Å². The van der Waals surface area contributed by atoms with E-state index in [4.69, 9.17) is 0 Å². The number of carbonyl (C=O) groups is 1. The molecule has 3 heteroatoms. The largest absolute Gasteiger partial charge is 0.393 e. The molecule has 0 aromatic carbocycles. The molecule has 3 nitrogen and oxygen atoms in total. The van der Waals surface area contributed by atoms with Crippen LogP contribution in [-0.4, -0.2) is 28.2 Å². The third-order valence-electron chi connectivity index (χ3n) is 8.28. The van der Waals surface area contributed by atoms with Crippen molar-refractivity contribution in [2.75, 3.05) is 0 Å². The smallest absolute Gasteiger partial charge is 0.139 e. The van der Waals surface area contributed by atoms with E-state index in [1.165, 1.54) is 6.42 Å². The second-order valence-corrected chi connectivity index (χ2v) is 9.16. The lowest BCUT2D eigenvalue weighted by atomic mass is 9.44. The average Bonchev–Trinajstić information content (AvgIpc) is 2.75. The summed E-state index contributed by atoms with van der Waals surface area (Å²) in [6.45, 7) is 4.48. The lowest BCUT2D eigenvalue weighted by Crippen LogP contribution is -2.59. The van der Waals surface area contributed by atoms with Crippen LogP contribution in [0, 0.1) is 34.5 Å². The highest BCUT2D eigenvalue weighted by molar-refractivity contribution is 5.87. The number of Topliss-reactive ketones (excluding diaryl/α,β-unsaturated/α-hetero) is 1. The number of hydrogen-bond donors (Lipinski definition) is 2. The maximum Gasteiger partial charge on any atom is 0.139 e. The Morgan fingerprint density at radius 1 is 1.09 bits per heavy atom. The average molecular weight is 306 g/mol. The van der Waals surface area contributed by atoms with Crippen molar-refractivity contribution >= 4 is 5.78 Å². The quantitative estimate of drug-likeness (QED) is 0.723. The molecular formula is C19H30O3. The molecule has 0 aromatic heterocycles. The van der Waals surface area contributed by atoms with Gasteiger partial charge in [0.2, 0.25) is 0 Å². The molecule has 0 heterocycles. The highest BCUT2D eigenvalue weighted by atomic mass is 16.3. The highest BCUT2D eigenvalue weighted by Gasteiger charge is 2.63. The van der Waals surface area contributed by atoms with Gasteiger partial charge in [0.15, 0.2) is 0 Å². The van der Waals surface area contributed by atoms with Gasteiger partial charge in [0, 0.05) is 11.8 Å². The second-order valence-electron chi connectivity index (χ2n) is 9.16. The lowest BCUT2D eigenvalue weighted by Gasteiger charge is -2.61. The van der Waals surface area contributed by atoms with Gasteiger partial charge in [-0.15, -0.1) is 0 Å². The van der Waals surface area contributed by atoms with Crippen LogP contribution in [0.25, 0.3) is 0 Å². The van der Waals surface area contributed by atoms with Gasteiger partial charge >= 0.3 is 0 Å². The maximum absolute atomic E-state index is 12.4. The summed E-state index contributed by atoms with van der Waals surface area (Å²) in [4.78, 5) is 12.4. The molecular weight excluding hydrogens is 276 g/mol. The minimum atomic E-state index is -0.337. The molecule has 1 unspecified atom stereocenters. The molecule has 4 aliphatic rings. The molecule has 0 saturated heterocycles. The lowest BCUT2D eigenvalue weighted by molar-refractivity contribution is -0.175. The van der Waals surface area contributed by atoms with Gasteiger partial charge in [-0.3, -0.25) is 4.79 Å². The number of ketones is 1. The maximum atomic E-state index is 12.4. The van der Waals surface area contributed by atoms with Gasteiger partial charge in [0.1, 0.15) is 5.78 Å². The van der Waals surface area contributed by atoms with Crippen LogP contribution in [0.1, 0.15) is 65.2 Å². The van der Waals surface area contributed by atoms with Crippen LogP contribution in [0.5, 0.6) is 0 Å². The van der Waals surface area contributed by atoms with Gasteiger partial charge in [0.25, 0.3) is 0 Å². The Hall–Kier alpha value is -0.410. The summed E-state index contributed by atoms with van der Waals surface area (Å²) in [5.41, 5.74) is -0.105. The number of fused-ring (bicyclic) bond motifs is 5. The van der Waals surface area contributed by atoms with Gasteiger partial charge in [-0.2, -0.15) is 0 Å². The first-order valence-corrected chi connectivity index (χ1v) is 9.25. The van der Waals surface area contributed by atoms with Gasteiger partial charge in [0.05, 0.1) is 12.2 Å². The standard InChI is InChI=1S/C19H30O3/c1-18-8-7-12(20)9-11(18)3-4-13-14-5-6-16(22)19(14,2)10-15(21)17(13)18/h11-15,17,20-21H,3-10H2,1-2H3/t11?,12-,13+,14+,15-,17-,18+,19+/m1/s1. The third-order valence-corrected chi connectivity index (χ3v) is 8.28. The summed E-state index contributed by atoms with van der Waals surface area (Å²) >= 11 is 0. The van der Waals surface area contributed by atoms with Crippen molar-refractivity contribution < 1.29 is 15.0 Å². The van der Waals surface area contributed by atoms with E-state index in [1.54, 1.807) is 0 Å². The first kappa shape index (κ1) is 15.1. The molecule has 4 saturated carbocycles. The van der Waals surface area contributed by atoms with Crippen LogP contribution in [0.4, 0.5) is 0 Å². The molecule has 4 aliphatic carbocycles. The summed E-state index contributed by atoms with van der Waals surface area (Å²) in [7, 11) is 0.